The molecule has 0 amide bonds. The van der Waals surface area contributed by atoms with Gasteiger partial charge >= 0.3 is 5.69 Å². The molecule has 8 heteroatoms. The monoisotopic (exact) mass is 333 g/mol. The van der Waals surface area contributed by atoms with Gasteiger partial charge in [-0.25, -0.2) is 4.98 Å². The van der Waals surface area contributed by atoms with Crippen LogP contribution >= 0.6 is 15.9 Å². The van der Waals surface area contributed by atoms with Gasteiger partial charge in [-0.15, -0.1) is 0 Å². The van der Waals surface area contributed by atoms with Gasteiger partial charge in [0.1, 0.15) is 12.0 Å². The van der Waals surface area contributed by atoms with Crippen molar-refractivity contribution >= 4 is 33.1 Å². The average molecular weight is 334 g/mol. The molecule has 0 aliphatic rings. The van der Waals surface area contributed by atoms with E-state index in [0.29, 0.717) is 11.5 Å². The Bertz CT molecular complexity index is 813. The number of rotatable bonds is 2. The molecule has 20 heavy (non-hydrogen) atoms. The zero-order valence-electron chi connectivity index (χ0n) is 10.0. The van der Waals surface area contributed by atoms with Crippen molar-refractivity contribution in [2.75, 3.05) is 5.73 Å². The quantitative estimate of drug-likeness (QED) is 0.574. The molecule has 2 heterocycles. The lowest BCUT2D eigenvalue weighted by atomic mass is 10.1. The third-order valence-electron chi connectivity index (χ3n) is 2.82. The van der Waals surface area contributed by atoms with Crippen molar-refractivity contribution in [3.8, 4) is 11.3 Å². The summed E-state index contributed by atoms with van der Waals surface area (Å²) in [7, 11) is 0. The lowest BCUT2D eigenvalue weighted by Crippen LogP contribution is -2.01. The fourth-order valence-electron chi connectivity index (χ4n) is 1.87. The lowest BCUT2D eigenvalue weighted by molar-refractivity contribution is -0.383. The lowest BCUT2D eigenvalue weighted by Gasteiger charge is -2.04. The van der Waals surface area contributed by atoms with Crippen LogP contribution in [0.25, 0.3) is 16.9 Å². The van der Waals surface area contributed by atoms with Crippen LogP contribution in [-0.4, -0.2) is 19.5 Å². The van der Waals surface area contributed by atoms with Gasteiger partial charge in [0.2, 0.25) is 5.65 Å². The van der Waals surface area contributed by atoms with Crippen LogP contribution in [0.2, 0.25) is 0 Å². The number of halogens is 1. The van der Waals surface area contributed by atoms with Gasteiger partial charge < -0.3 is 5.73 Å². The number of nitrogens with zero attached hydrogens (tertiary/aromatic N) is 4. The second kappa shape index (κ2) is 4.57. The smallest absolute Gasteiger partial charge is 0.333 e. The zero-order chi connectivity index (χ0) is 14.3. The molecular formula is C12H8BrN5O2. The fourth-order valence-corrected chi connectivity index (χ4v) is 2.14. The molecule has 0 saturated carbocycles. The Morgan fingerprint density at radius 2 is 2.00 bits per heavy atom. The summed E-state index contributed by atoms with van der Waals surface area (Å²) in [6.07, 6.45) is 1.14. The minimum absolute atomic E-state index is 0.132. The molecule has 0 aliphatic carbocycles. The van der Waals surface area contributed by atoms with Crippen molar-refractivity contribution in [2.24, 2.45) is 0 Å². The maximum absolute atomic E-state index is 10.9. The van der Waals surface area contributed by atoms with Crippen LogP contribution in [0.4, 0.5) is 11.5 Å². The Kier molecular flexibility index (Phi) is 2.87. The molecule has 7 nitrogen and oxygen atoms in total. The first-order valence-electron chi connectivity index (χ1n) is 5.61. The first kappa shape index (κ1) is 12.5. The van der Waals surface area contributed by atoms with Crippen molar-refractivity contribution in [1.29, 1.82) is 0 Å². The molecule has 100 valence electrons. The first-order chi connectivity index (χ1) is 9.56. The summed E-state index contributed by atoms with van der Waals surface area (Å²) in [4.78, 5) is 14.7. The Hall–Kier alpha value is -2.48. The summed E-state index contributed by atoms with van der Waals surface area (Å²) in [5, 5.41) is 14.8. The predicted molar refractivity (Wildman–Crippen MR) is 77.2 cm³/mol. The Balaban J connectivity index is 2.24. The van der Waals surface area contributed by atoms with E-state index in [9.17, 15) is 10.1 Å². The van der Waals surface area contributed by atoms with Crippen LogP contribution in [-0.2, 0) is 0 Å². The zero-order valence-corrected chi connectivity index (χ0v) is 11.6. The third kappa shape index (κ3) is 1.99. The molecule has 0 saturated heterocycles. The maximum Gasteiger partial charge on any atom is 0.333 e. The van der Waals surface area contributed by atoms with Gasteiger partial charge in [0.05, 0.1) is 10.6 Å². The SMILES string of the molecule is Nc1cc(-c2ccc(Br)cc2)nc2c([N+](=O)[O-])cnn12. The molecular weight excluding hydrogens is 326 g/mol. The van der Waals surface area contributed by atoms with Gasteiger partial charge in [0.15, 0.2) is 0 Å². The van der Waals surface area contributed by atoms with E-state index in [4.69, 9.17) is 5.73 Å². The second-order valence-electron chi connectivity index (χ2n) is 4.10. The number of nitro groups is 1. The Morgan fingerprint density at radius 3 is 2.65 bits per heavy atom. The van der Waals surface area contributed by atoms with Gasteiger partial charge in [0, 0.05) is 16.1 Å². The van der Waals surface area contributed by atoms with Crippen molar-refractivity contribution in [2.45, 2.75) is 0 Å². The fraction of sp³-hybridized carbons (Fsp3) is 0. The van der Waals surface area contributed by atoms with Crippen LogP contribution in [0.3, 0.4) is 0 Å². The molecule has 3 rings (SSSR count). The van der Waals surface area contributed by atoms with Gasteiger partial charge in [-0.05, 0) is 12.1 Å². The molecule has 0 atom stereocenters. The number of fused-ring (bicyclic) bond motifs is 1. The van der Waals surface area contributed by atoms with E-state index in [-0.39, 0.29) is 11.3 Å². The molecule has 0 fully saturated rings. The summed E-state index contributed by atoms with van der Waals surface area (Å²) in [5.41, 5.74) is 7.21. The van der Waals surface area contributed by atoms with E-state index in [1.54, 1.807) is 6.07 Å². The number of hydrogen-bond acceptors (Lipinski definition) is 5. The molecule has 2 aromatic heterocycles. The number of nitrogens with two attached hydrogens (primary N) is 1. The molecule has 0 bridgehead atoms. The molecule has 3 aromatic rings. The van der Waals surface area contributed by atoms with Crippen molar-refractivity contribution in [1.82, 2.24) is 14.6 Å². The topological polar surface area (TPSA) is 99.3 Å². The van der Waals surface area contributed by atoms with Crippen LogP contribution in [0.1, 0.15) is 0 Å². The highest BCUT2D eigenvalue weighted by atomic mass is 79.9. The first-order valence-corrected chi connectivity index (χ1v) is 6.40. The van der Waals surface area contributed by atoms with Gasteiger partial charge in [-0.2, -0.15) is 9.61 Å². The molecule has 0 spiro atoms. The van der Waals surface area contributed by atoms with Crippen LogP contribution < -0.4 is 5.73 Å². The minimum atomic E-state index is -0.528. The molecule has 1 aromatic carbocycles. The highest BCUT2D eigenvalue weighted by Gasteiger charge is 2.18. The van der Waals surface area contributed by atoms with Crippen molar-refractivity contribution in [3.05, 3.63) is 51.1 Å². The van der Waals surface area contributed by atoms with E-state index in [2.05, 4.69) is 26.0 Å². The standard InChI is InChI=1S/C12H8BrN5O2/c13-8-3-1-7(2-4-8)9-5-11(14)17-12(16-9)10(6-15-17)18(19)20/h1-6H,14H2. The van der Waals surface area contributed by atoms with Gasteiger partial charge in [-0.1, -0.05) is 28.1 Å². The minimum Gasteiger partial charge on any atom is -0.384 e. The maximum atomic E-state index is 10.9. The van der Waals surface area contributed by atoms with Crippen molar-refractivity contribution < 1.29 is 4.92 Å². The normalized spacial score (nSPS) is 10.8. The van der Waals surface area contributed by atoms with E-state index in [0.717, 1.165) is 16.2 Å². The summed E-state index contributed by atoms with van der Waals surface area (Å²) >= 11 is 3.35. The van der Waals surface area contributed by atoms with E-state index < -0.39 is 4.92 Å². The Morgan fingerprint density at radius 1 is 1.30 bits per heavy atom. The van der Waals surface area contributed by atoms with Crippen LogP contribution in [0, 0.1) is 10.1 Å². The number of anilines is 1. The van der Waals surface area contributed by atoms with E-state index in [1.807, 2.05) is 24.3 Å². The summed E-state index contributed by atoms with van der Waals surface area (Å²) in [6.45, 7) is 0. The number of nitrogen functional groups attached to an aromatic ring is 1. The van der Waals surface area contributed by atoms with Crippen LogP contribution in [0.15, 0.2) is 41.0 Å². The summed E-state index contributed by atoms with van der Waals surface area (Å²) in [5.74, 6) is 0.293. The predicted octanol–water partition coefficient (Wildman–Crippen LogP) is 2.65. The number of benzene rings is 1. The van der Waals surface area contributed by atoms with Gasteiger partial charge in [0.25, 0.3) is 0 Å². The average Bonchev–Trinajstić information content (AvgIpc) is 2.84. The highest BCUT2D eigenvalue weighted by molar-refractivity contribution is 9.10. The Labute approximate surface area is 121 Å². The highest BCUT2D eigenvalue weighted by Crippen LogP contribution is 2.26. The molecule has 2 N–H and O–H groups in total. The largest absolute Gasteiger partial charge is 0.384 e. The number of aromatic nitrogens is 3. The van der Waals surface area contributed by atoms with Crippen LogP contribution in [0.5, 0.6) is 0 Å². The molecule has 0 unspecified atom stereocenters. The summed E-state index contributed by atoms with van der Waals surface area (Å²) < 4.78 is 2.19. The van der Waals surface area contributed by atoms with Crippen molar-refractivity contribution in [3.63, 3.8) is 0 Å². The third-order valence-corrected chi connectivity index (χ3v) is 3.35. The van der Waals surface area contributed by atoms with Gasteiger partial charge in [-0.3, -0.25) is 10.1 Å². The molecule has 0 radical (unpaired) electrons. The van der Waals surface area contributed by atoms with E-state index in [1.165, 1.54) is 4.52 Å². The van der Waals surface area contributed by atoms with E-state index >= 15 is 0 Å². The summed E-state index contributed by atoms with van der Waals surface area (Å²) in [6, 6.07) is 9.06. The molecule has 0 aliphatic heterocycles. The second-order valence-corrected chi connectivity index (χ2v) is 5.01. The number of hydrogen-bond donors (Lipinski definition) is 1.